The number of aryl methyl sites for hydroxylation is 2. The van der Waals surface area contributed by atoms with Crippen molar-refractivity contribution in [3.63, 3.8) is 0 Å². The first-order chi connectivity index (χ1) is 12.9. The predicted molar refractivity (Wildman–Crippen MR) is 104 cm³/mol. The number of aromatic nitrogens is 3. The number of fused-ring (bicyclic) bond motifs is 1. The van der Waals surface area contributed by atoms with Crippen molar-refractivity contribution < 1.29 is 9.53 Å². The van der Waals surface area contributed by atoms with E-state index in [0.29, 0.717) is 29.1 Å². The fourth-order valence-corrected chi connectivity index (χ4v) is 3.08. The van der Waals surface area contributed by atoms with Crippen molar-refractivity contribution in [2.24, 2.45) is 0 Å². The third-order valence-corrected chi connectivity index (χ3v) is 4.49. The standard InChI is InChI=1S/C20H24N4O3/c1-14-8-5-6-9-17(14)24-19(25)15-12-23(11-7-10-22(2)3)13-16(18(15)21-24)20(26)27-4/h5-6,8-9,12-13H,7,10-11H2,1-4H3. The monoisotopic (exact) mass is 368 g/mol. The summed E-state index contributed by atoms with van der Waals surface area (Å²) >= 11 is 0. The molecule has 0 saturated carbocycles. The number of ether oxygens (including phenoxy) is 1. The van der Waals surface area contributed by atoms with Crippen LogP contribution in [0.2, 0.25) is 0 Å². The van der Waals surface area contributed by atoms with Crippen molar-refractivity contribution in [2.45, 2.75) is 19.9 Å². The Morgan fingerprint density at radius 2 is 1.96 bits per heavy atom. The van der Waals surface area contributed by atoms with Gasteiger partial charge in [-0.1, -0.05) is 18.2 Å². The number of rotatable bonds is 6. The highest BCUT2D eigenvalue weighted by molar-refractivity contribution is 5.96. The first kappa shape index (κ1) is 18.8. The van der Waals surface area contributed by atoms with E-state index in [4.69, 9.17) is 4.74 Å². The molecule has 0 unspecified atom stereocenters. The summed E-state index contributed by atoms with van der Waals surface area (Å²) in [6, 6.07) is 7.53. The molecular formula is C20H24N4O3. The van der Waals surface area contributed by atoms with Gasteiger partial charge in [-0.25, -0.2) is 4.79 Å². The molecule has 3 rings (SSSR count). The summed E-state index contributed by atoms with van der Waals surface area (Å²) in [5.41, 5.74) is 2.45. The number of benzene rings is 1. The molecule has 7 heteroatoms. The first-order valence-corrected chi connectivity index (χ1v) is 8.84. The van der Waals surface area contributed by atoms with Crippen LogP contribution in [0, 0.1) is 6.92 Å². The van der Waals surface area contributed by atoms with E-state index in [2.05, 4.69) is 10.00 Å². The molecule has 0 bridgehead atoms. The second-order valence-corrected chi connectivity index (χ2v) is 6.82. The highest BCUT2D eigenvalue weighted by Gasteiger charge is 2.25. The molecule has 142 valence electrons. The lowest BCUT2D eigenvalue weighted by Crippen LogP contribution is -2.18. The quantitative estimate of drug-likeness (QED) is 0.624. The summed E-state index contributed by atoms with van der Waals surface area (Å²) in [6.45, 7) is 3.52. The molecule has 0 aromatic heterocycles. The summed E-state index contributed by atoms with van der Waals surface area (Å²) in [7, 11) is 5.35. The molecule has 27 heavy (non-hydrogen) atoms. The number of esters is 1. The number of para-hydroxylation sites is 1. The maximum Gasteiger partial charge on any atom is 0.341 e. The normalized spacial score (nSPS) is 11.3. The Bertz CT molecular complexity index is 987. The van der Waals surface area contributed by atoms with Gasteiger partial charge in [-0.2, -0.15) is 9.78 Å². The summed E-state index contributed by atoms with van der Waals surface area (Å²) in [5.74, 6) is -0.503. The van der Waals surface area contributed by atoms with Gasteiger partial charge in [0.25, 0.3) is 5.56 Å². The van der Waals surface area contributed by atoms with Gasteiger partial charge in [0.1, 0.15) is 11.3 Å². The second kappa shape index (κ2) is 7.75. The van der Waals surface area contributed by atoms with E-state index in [1.807, 2.05) is 49.9 Å². The van der Waals surface area contributed by atoms with Crippen LogP contribution in [-0.2, 0) is 11.3 Å². The van der Waals surface area contributed by atoms with Gasteiger partial charge in [-0.3, -0.25) is 4.79 Å². The molecule has 0 atom stereocenters. The number of methoxy groups -OCH3 is 1. The van der Waals surface area contributed by atoms with Crippen LogP contribution in [0.3, 0.4) is 0 Å². The highest BCUT2D eigenvalue weighted by Crippen LogP contribution is 2.24. The zero-order chi connectivity index (χ0) is 19.6. The molecule has 0 radical (unpaired) electrons. The molecule has 2 aliphatic heterocycles. The summed E-state index contributed by atoms with van der Waals surface area (Å²) in [4.78, 5) is 27.4. The first-order valence-electron chi connectivity index (χ1n) is 8.84. The van der Waals surface area contributed by atoms with E-state index in [9.17, 15) is 9.59 Å². The smallest absolute Gasteiger partial charge is 0.341 e. The van der Waals surface area contributed by atoms with Crippen LogP contribution in [-0.4, -0.2) is 53.0 Å². The summed E-state index contributed by atoms with van der Waals surface area (Å²) in [5, 5.41) is 4.44. The van der Waals surface area contributed by atoms with Crippen molar-refractivity contribution in [1.82, 2.24) is 19.2 Å². The fourth-order valence-electron chi connectivity index (χ4n) is 3.08. The minimum absolute atomic E-state index is 0.244. The number of carbonyl (C=O) groups is 1. The van der Waals surface area contributed by atoms with Gasteiger partial charge in [0.15, 0.2) is 0 Å². The molecule has 0 amide bonds. The minimum Gasteiger partial charge on any atom is -0.465 e. The van der Waals surface area contributed by atoms with Gasteiger partial charge in [-0.15, -0.1) is 0 Å². The van der Waals surface area contributed by atoms with E-state index in [-0.39, 0.29) is 5.56 Å². The van der Waals surface area contributed by atoms with Gasteiger partial charge in [-0.05, 0) is 45.6 Å². The molecule has 0 spiro atoms. The van der Waals surface area contributed by atoms with Crippen molar-refractivity contribution in [1.29, 1.82) is 0 Å². The Kier molecular flexibility index (Phi) is 5.41. The Labute approximate surface area is 158 Å². The average molecular weight is 368 g/mol. The van der Waals surface area contributed by atoms with Gasteiger partial charge >= 0.3 is 5.97 Å². The van der Waals surface area contributed by atoms with Crippen LogP contribution in [0.15, 0.2) is 41.5 Å². The summed E-state index contributed by atoms with van der Waals surface area (Å²) < 4.78 is 8.13. The van der Waals surface area contributed by atoms with Gasteiger partial charge < -0.3 is 14.2 Å². The van der Waals surface area contributed by atoms with Crippen molar-refractivity contribution in [2.75, 3.05) is 27.7 Å². The molecule has 2 heterocycles. The molecule has 1 aromatic carbocycles. The van der Waals surface area contributed by atoms with Crippen LogP contribution in [0.1, 0.15) is 22.3 Å². The number of hydrogen-bond acceptors (Lipinski definition) is 5. The average Bonchev–Trinajstić information content (AvgIpc) is 2.97. The van der Waals surface area contributed by atoms with E-state index in [1.54, 1.807) is 12.4 Å². The molecule has 1 aromatic rings. The largest absolute Gasteiger partial charge is 0.465 e. The third kappa shape index (κ3) is 3.78. The zero-order valence-corrected chi connectivity index (χ0v) is 16.1. The molecule has 2 aliphatic rings. The lowest BCUT2D eigenvalue weighted by atomic mass is 10.1. The van der Waals surface area contributed by atoms with Crippen LogP contribution in [0.4, 0.5) is 0 Å². The second-order valence-electron chi connectivity index (χ2n) is 6.82. The maximum atomic E-state index is 13.0. The van der Waals surface area contributed by atoms with E-state index >= 15 is 0 Å². The number of carbonyl (C=O) groups excluding carboxylic acids is 1. The number of pyridine rings is 1. The molecule has 0 N–H and O–H groups in total. The van der Waals surface area contributed by atoms with E-state index in [1.165, 1.54) is 11.8 Å². The topological polar surface area (TPSA) is 69.4 Å². The van der Waals surface area contributed by atoms with Crippen molar-refractivity contribution in [3.8, 4) is 16.9 Å². The SMILES string of the molecule is COC(=O)c1cn(CCCN(C)C)cc2c(=O)n(-c3ccccc3C)nc1-2. The Hall–Kier alpha value is -2.93. The molecule has 0 saturated heterocycles. The highest BCUT2D eigenvalue weighted by atomic mass is 16.5. The van der Waals surface area contributed by atoms with Crippen molar-refractivity contribution >= 4 is 5.97 Å². The van der Waals surface area contributed by atoms with Crippen molar-refractivity contribution in [3.05, 3.63) is 58.1 Å². The predicted octanol–water partition coefficient (Wildman–Crippen LogP) is 2.19. The van der Waals surface area contributed by atoms with Gasteiger partial charge in [0, 0.05) is 18.9 Å². The molecule has 7 nitrogen and oxygen atoms in total. The van der Waals surface area contributed by atoms with Crippen LogP contribution < -0.4 is 5.56 Å². The minimum atomic E-state index is -0.503. The molecule has 0 fully saturated rings. The Morgan fingerprint density at radius 3 is 2.63 bits per heavy atom. The van der Waals surface area contributed by atoms with Crippen LogP contribution >= 0.6 is 0 Å². The van der Waals surface area contributed by atoms with E-state index < -0.39 is 5.97 Å². The molecule has 0 aliphatic carbocycles. The Morgan fingerprint density at radius 1 is 1.22 bits per heavy atom. The number of nitrogens with zero attached hydrogens (tertiary/aromatic N) is 4. The van der Waals surface area contributed by atoms with Crippen LogP contribution in [0.25, 0.3) is 16.9 Å². The summed E-state index contributed by atoms with van der Waals surface area (Å²) in [6.07, 6.45) is 4.36. The lowest BCUT2D eigenvalue weighted by Gasteiger charge is -2.13. The van der Waals surface area contributed by atoms with Gasteiger partial charge in [0.2, 0.25) is 0 Å². The Balaban J connectivity index is 2.13. The third-order valence-electron chi connectivity index (χ3n) is 4.49. The number of hydrogen-bond donors (Lipinski definition) is 0. The lowest BCUT2D eigenvalue weighted by molar-refractivity contribution is 0.0600. The van der Waals surface area contributed by atoms with Gasteiger partial charge in [0.05, 0.1) is 18.4 Å². The fraction of sp³-hybridized carbons (Fsp3) is 0.350. The van der Waals surface area contributed by atoms with Crippen LogP contribution in [0.5, 0.6) is 0 Å². The van der Waals surface area contributed by atoms with E-state index in [0.717, 1.165) is 18.5 Å². The maximum absolute atomic E-state index is 13.0. The molecular weight excluding hydrogens is 344 g/mol. The zero-order valence-electron chi connectivity index (χ0n) is 16.1.